The SMILES string of the molecule is N#CC(=CC1=Cc2ccccc2OC1)C(=O)NC1CCCCC1. The third-order valence-corrected chi connectivity index (χ3v) is 4.29. The van der Waals surface area contributed by atoms with Crippen LogP contribution in [0.25, 0.3) is 6.08 Å². The number of para-hydroxylation sites is 1. The zero-order chi connectivity index (χ0) is 16.1. The Kier molecular flexibility index (Phi) is 4.77. The number of nitriles is 1. The van der Waals surface area contributed by atoms with Crippen molar-refractivity contribution in [3.05, 3.63) is 47.1 Å². The van der Waals surface area contributed by atoms with Crippen LogP contribution in [0, 0.1) is 11.3 Å². The molecule has 2 aliphatic rings. The number of nitrogens with one attached hydrogen (secondary N) is 1. The number of carbonyl (C=O) groups is 1. The number of hydrogen-bond acceptors (Lipinski definition) is 3. The number of nitrogens with zero attached hydrogens (tertiary/aromatic N) is 1. The molecule has 0 aromatic heterocycles. The summed E-state index contributed by atoms with van der Waals surface area (Å²) in [7, 11) is 0. The van der Waals surface area contributed by atoms with Gasteiger partial charge in [-0.3, -0.25) is 4.79 Å². The number of benzene rings is 1. The minimum Gasteiger partial charge on any atom is -0.488 e. The molecule has 1 N–H and O–H groups in total. The lowest BCUT2D eigenvalue weighted by atomic mass is 9.95. The monoisotopic (exact) mass is 308 g/mol. The Morgan fingerprint density at radius 2 is 2.04 bits per heavy atom. The van der Waals surface area contributed by atoms with Crippen LogP contribution in [0.4, 0.5) is 0 Å². The molecular formula is C19H20N2O2. The van der Waals surface area contributed by atoms with Gasteiger partial charge in [-0.1, -0.05) is 37.5 Å². The predicted molar refractivity (Wildman–Crippen MR) is 88.6 cm³/mol. The summed E-state index contributed by atoms with van der Waals surface area (Å²) in [5, 5.41) is 12.3. The number of ether oxygens (including phenoxy) is 1. The molecule has 23 heavy (non-hydrogen) atoms. The van der Waals surface area contributed by atoms with Crippen LogP contribution in [-0.4, -0.2) is 18.6 Å². The molecule has 1 aliphatic heterocycles. The highest BCUT2D eigenvalue weighted by Crippen LogP contribution is 2.26. The van der Waals surface area contributed by atoms with Crippen LogP contribution in [0.15, 0.2) is 41.5 Å². The molecule has 1 fully saturated rings. The number of rotatable bonds is 3. The van der Waals surface area contributed by atoms with Crippen LogP contribution in [0.2, 0.25) is 0 Å². The molecule has 3 rings (SSSR count). The molecule has 1 aromatic carbocycles. The number of carbonyl (C=O) groups excluding carboxylic acids is 1. The van der Waals surface area contributed by atoms with Gasteiger partial charge in [-0.2, -0.15) is 5.26 Å². The van der Waals surface area contributed by atoms with Crippen molar-refractivity contribution in [3.63, 3.8) is 0 Å². The first kappa shape index (κ1) is 15.4. The highest BCUT2D eigenvalue weighted by atomic mass is 16.5. The van der Waals surface area contributed by atoms with E-state index in [4.69, 9.17) is 4.74 Å². The van der Waals surface area contributed by atoms with E-state index in [0.29, 0.717) is 6.61 Å². The summed E-state index contributed by atoms with van der Waals surface area (Å²) < 4.78 is 5.66. The van der Waals surface area contributed by atoms with Gasteiger partial charge in [0.05, 0.1) is 0 Å². The first-order valence-electron chi connectivity index (χ1n) is 8.11. The van der Waals surface area contributed by atoms with Gasteiger partial charge in [0, 0.05) is 11.6 Å². The van der Waals surface area contributed by atoms with E-state index in [1.807, 2.05) is 36.4 Å². The molecule has 1 amide bonds. The van der Waals surface area contributed by atoms with Gasteiger partial charge >= 0.3 is 0 Å². The van der Waals surface area contributed by atoms with Crippen molar-refractivity contribution < 1.29 is 9.53 Å². The highest BCUT2D eigenvalue weighted by molar-refractivity contribution is 5.98. The zero-order valence-electron chi connectivity index (χ0n) is 13.0. The molecule has 4 nitrogen and oxygen atoms in total. The molecule has 1 heterocycles. The second-order valence-corrected chi connectivity index (χ2v) is 6.02. The predicted octanol–water partition coefficient (Wildman–Crippen LogP) is 3.36. The fraction of sp³-hybridized carbons (Fsp3) is 0.368. The van der Waals surface area contributed by atoms with Crippen molar-refractivity contribution in [2.24, 2.45) is 0 Å². The molecule has 0 atom stereocenters. The highest BCUT2D eigenvalue weighted by Gasteiger charge is 2.19. The van der Waals surface area contributed by atoms with Gasteiger partial charge in [-0.05, 0) is 36.6 Å². The van der Waals surface area contributed by atoms with Gasteiger partial charge in [0.1, 0.15) is 24.0 Å². The van der Waals surface area contributed by atoms with Crippen LogP contribution in [0.3, 0.4) is 0 Å². The summed E-state index contributed by atoms with van der Waals surface area (Å²) in [5.41, 5.74) is 1.94. The summed E-state index contributed by atoms with van der Waals surface area (Å²) >= 11 is 0. The van der Waals surface area contributed by atoms with E-state index in [0.717, 1.165) is 42.6 Å². The van der Waals surface area contributed by atoms with E-state index in [9.17, 15) is 10.1 Å². The molecular weight excluding hydrogens is 288 g/mol. The quantitative estimate of drug-likeness (QED) is 0.688. The zero-order valence-corrected chi connectivity index (χ0v) is 13.0. The summed E-state index contributed by atoms with van der Waals surface area (Å²) in [4.78, 5) is 12.3. The van der Waals surface area contributed by atoms with E-state index in [-0.39, 0.29) is 17.5 Å². The molecule has 0 spiro atoms. The second kappa shape index (κ2) is 7.15. The van der Waals surface area contributed by atoms with E-state index in [1.54, 1.807) is 6.08 Å². The first-order valence-corrected chi connectivity index (χ1v) is 8.11. The van der Waals surface area contributed by atoms with Crippen LogP contribution in [0.5, 0.6) is 5.75 Å². The Balaban J connectivity index is 1.73. The summed E-state index contributed by atoms with van der Waals surface area (Å²) in [5.74, 6) is 0.550. The van der Waals surface area contributed by atoms with Gasteiger partial charge < -0.3 is 10.1 Å². The molecule has 4 heteroatoms. The molecule has 1 aliphatic carbocycles. The van der Waals surface area contributed by atoms with Crippen molar-refractivity contribution in [1.29, 1.82) is 5.26 Å². The Labute approximate surface area is 136 Å². The lowest BCUT2D eigenvalue weighted by molar-refractivity contribution is -0.118. The van der Waals surface area contributed by atoms with Crippen LogP contribution < -0.4 is 10.1 Å². The van der Waals surface area contributed by atoms with E-state index in [2.05, 4.69) is 5.32 Å². The maximum Gasteiger partial charge on any atom is 0.262 e. The molecule has 0 unspecified atom stereocenters. The molecule has 1 aromatic rings. The molecule has 0 saturated heterocycles. The maximum absolute atomic E-state index is 12.3. The Morgan fingerprint density at radius 3 is 2.83 bits per heavy atom. The lowest BCUT2D eigenvalue weighted by Crippen LogP contribution is -2.36. The minimum atomic E-state index is -0.279. The maximum atomic E-state index is 12.3. The normalized spacial score (nSPS) is 18.2. The topological polar surface area (TPSA) is 62.1 Å². The number of fused-ring (bicyclic) bond motifs is 1. The average Bonchev–Trinajstić information content (AvgIpc) is 2.60. The average molecular weight is 308 g/mol. The number of hydrogen-bond donors (Lipinski definition) is 1. The molecule has 0 bridgehead atoms. The van der Waals surface area contributed by atoms with Crippen molar-refractivity contribution >= 4 is 12.0 Å². The lowest BCUT2D eigenvalue weighted by Gasteiger charge is -2.22. The Morgan fingerprint density at radius 1 is 1.26 bits per heavy atom. The molecule has 0 radical (unpaired) electrons. The third-order valence-electron chi connectivity index (χ3n) is 4.29. The van der Waals surface area contributed by atoms with Crippen molar-refractivity contribution in [3.8, 4) is 11.8 Å². The number of amides is 1. The van der Waals surface area contributed by atoms with Crippen LogP contribution >= 0.6 is 0 Å². The van der Waals surface area contributed by atoms with Gasteiger partial charge in [-0.15, -0.1) is 0 Å². The largest absolute Gasteiger partial charge is 0.488 e. The van der Waals surface area contributed by atoms with Gasteiger partial charge in [-0.25, -0.2) is 0 Å². The molecule has 1 saturated carbocycles. The van der Waals surface area contributed by atoms with Crippen molar-refractivity contribution in [2.45, 2.75) is 38.1 Å². The van der Waals surface area contributed by atoms with E-state index < -0.39 is 0 Å². The van der Waals surface area contributed by atoms with E-state index in [1.165, 1.54) is 6.42 Å². The summed E-state index contributed by atoms with van der Waals surface area (Å²) in [6, 6.07) is 9.94. The van der Waals surface area contributed by atoms with Crippen LogP contribution in [-0.2, 0) is 4.79 Å². The standard InChI is InChI=1S/C19H20N2O2/c20-12-16(19(22)21-17-7-2-1-3-8-17)11-14-10-15-6-4-5-9-18(15)23-13-14/h4-6,9-11,17H,1-3,7-8,13H2,(H,21,22). The van der Waals surface area contributed by atoms with Crippen LogP contribution in [0.1, 0.15) is 37.7 Å². The Bertz CT molecular complexity index is 692. The van der Waals surface area contributed by atoms with E-state index >= 15 is 0 Å². The summed E-state index contributed by atoms with van der Waals surface area (Å²) in [6.07, 6.45) is 9.13. The van der Waals surface area contributed by atoms with Crippen molar-refractivity contribution in [2.75, 3.05) is 6.61 Å². The second-order valence-electron chi connectivity index (χ2n) is 6.02. The first-order chi connectivity index (χ1) is 11.3. The summed E-state index contributed by atoms with van der Waals surface area (Å²) in [6.45, 7) is 0.374. The smallest absolute Gasteiger partial charge is 0.262 e. The minimum absolute atomic E-state index is 0.143. The van der Waals surface area contributed by atoms with Gasteiger partial charge in [0.25, 0.3) is 5.91 Å². The third kappa shape index (κ3) is 3.81. The van der Waals surface area contributed by atoms with Gasteiger partial charge in [0.2, 0.25) is 0 Å². The van der Waals surface area contributed by atoms with Gasteiger partial charge in [0.15, 0.2) is 0 Å². The van der Waals surface area contributed by atoms with Crippen molar-refractivity contribution in [1.82, 2.24) is 5.32 Å². The molecule has 118 valence electrons. The fourth-order valence-electron chi connectivity index (χ4n) is 3.06. The Hall–Kier alpha value is -2.54. The fourth-order valence-corrected chi connectivity index (χ4v) is 3.06.